The molecule has 1 aromatic carbocycles. The Kier molecular flexibility index (Phi) is 32.6. The van der Waals surface area contributed by atoms with Crippen LogP contribution in [0.5, 0.6) is 5.75 Å². The molecule has 1 aromatic rings. The van der Waals surface area contributed by atoms with E-state index in [9.17, 15) is 92.3 Å². The monoisotopic (exact) mass is 1300 g/mol. The lowest BCUT2D eigenvalue weighted by atomic mass is 9.96. The third-order valence-electron chi connectivity index (χ3n) is 14.9. The number of nitrogens with two attached hydrogens (primary N) is 3. The lowest BCUT2D eigenvalue weighted by molar-refractivity contribution is -0.144. The summed E-state index contributed by atoms with van der Waals surface area (Å²) < 4.78 is 0. The number of aliphatic hydroxyl groups is 2. The fraction of sp³-hybridized carbons (Fsp3) is 0.638. The van der Waals surface area contributed by atoms with E-state index in [1.807, 2.05) is 0 Å². The predicted molar refractivity (Wildman–Crippen MR) is 324 cm³/mol. The quantitative estimate of drug-likeness (QED) is 0.0292. The molecule has 514 valence electrons. The first-order valence-electron chi connectivity index (χ1n) is 30.1. The molecule has 34 nitrogen and oxygen atoms in total. The molecular formula is C58H92N14O20. The van der Waals surface area contributed by atoms with Crippen LogP contribution in [-0.2, 0) is 78.3 Å². The van der Waals surface area contributed by atoms with Gasteiger partial charge in [0.1, 0.15) is 72.2 Å². The molecule has 0 saturated carbocycles. The van der Waals surface area contributed by atoms with E-state index in [2.05, 4.69) is 53.2 Å². The van der Waals surface area contributed by atoms with Crippen molar-refractivity contribution in [3.05, 3.63) is 29.8 Å². The van der Waals surface area contributed by atoms with Gasteiger partial charge in [-0.3, -0.25) is 67.1 Å². The number of aliphatic carboxylic acids is 2. The lowest BCUT2D eigenvalue weighted by Crippen LogP contribution is -2.62. The fourth-order valence-corrected chi connectivity index (χ4v) is 9.37. The minimum atomic E-state index is -1.84. The van der Waals surface area contributed by atoms with Crippen molar-refractivity contribution in [3.8, 4) is 5.75 Å². The van der Waals surface area contributed by atoms with Crippen LogP contribution in [0.25, 0.3) is 0 Å². The van der Waals surface area contributed by atoms with Gasteiger partial charge in [0.05, 0.1) is 25.2 Å². The molecule has 1 aliphatic rings. The summed E-state index contributed by atoms with van der Waals surface area (Å²) in [6.07, 6.45) is -4.62. The van der Waals surface area contributed by atoms with Crippen molar-refractivity contribution >= 4 is 88.7 Å². The maximum atomic E-state index is 14.8. The highest BCUT2D eigenvalue weighted by Gasteiger charge is 2.43. The fourth-order valence-electron chi connectivity index (χ4n) is 9.37. The van der Waals surface area contributed by atoms with Crippen LogP contribution in [0, 0.1) is 17.8 Å². The van der Waals surface area contributed by atoms with Crippen molar-refractivity contribution in [3.63, 3.8) is 0 Å². The Morgan fingerprint density at radius 2 is 1.07 bits per heavy atom. The number of carbonyl (C=O) groups excluding carboxylic acids is 13. The van der Waals surface area contributed by atoms with E-state index >= 15 is 0 Å². The first-order chi connectivity index (χ1) is 42.9. The van der Waals surface area contributed by atoms with Gasteiger partial charge in [0.2, 0.25) is 76.8 Å². The highest BCUT2D eigenvalue weighted by Crippen LogP contribution is 2.23. The average Bonchev–Trinajstić information content (AvgIpc) is 1.69. The van der Waals surface area contributed by atoms with E-state index in [-0.39, 0.29) is 50.3 Å². The molecule has 34 heteroatoms. The van der Waals surface area contributed by atoms with E-state index in [1.165, 1.54) is 52.0 Å². The Labute approximate surface area is 531 Å². The van der Waals surface area contributed by atoms with Crippen molar-refractivity contribution in [2.24, 2.45) is 35.0 Å². The number of carboxylic acid groups (broad SMARTS) is 2. The molecule has 1 saturated heterocycles. The number of benzene rings is 1. The molecular weight excluding hydrogens is 1210 g/mol. The first kappa shape index (κ1) is 79.0. The smallest absolute Gasteiger partial charge is 0.326 e. The Morgan fingerprint density at radius 3 is 1.59 bits per heavy atom. The summed E-state index contributed by atoms with van der Waals surface area (Å²) >= 11 is 0. The molecule has 21 N–H and O–H groups in total. The van der Waals surface area contributed by atoms with Gasteiger partial charge in [-0.15, -0.1) is 0 Å². The summed E-state index contributed by atoms with van der Waals surface area (Å²) in [7, 11) is 0. The van der Waals surface area contributed by atoms with Crippen molar-refractivity contribution in [2.45, 2.75) is 205 Å². The van der Waals surface area contributed by atoms with Crippen molar-refractivity contribution in [2.75, 3.05) is 13.2 Å². The number of nitrogens with one attached hydrogen (secondary N) is 10. The number of rotatable bonds is 39. The minimum Gasteiger partial charge on any atom is -0.508 e. The molecule has 0 unspecified atom stereocenters. The highest BCUT2D eigenvalue weighted by atomic mass is 16.4. The van der Waals surface area contributed by atoms with E-state index < -0.39 is 218 Å². The molecule has 14 atom stereocenters. The molecule has 0 bridgehead atoms. The standard InChI is InChI=1S/C58H92N14O20/c1-10-28(6)45(57(90)72-21-11-12-40(72)54(87)71-46(31(9)74)56(89)63-34(17-19-41(60)76)49(82)64-35(58(91)92)18-20-43(78)79)70-52(85)37(23-32-13-15-33(75)16-14-32)66-50(83)36(22-26(2)3)65-51(84)38(24-42(61)77)67-55(88)44(27(4)5)69-48(81)30(8)62-53(86)39(25-73)68-47(80)29(7)59/h13-16,26-31,34-40,44-46,73-75H,10-12,17-25,59H2,1-9H3,(H2,60,76)(H2,61,77)(H,62,86)(H,63,89)(H,64,82)(H,65,84)(H,66,83)(H,67,88)(H,68,80)(H,69,81)(H,70,85)(H,71,87)(H,78,79)(H,91,92)/t28-,29-,30-,31+,34-,35-,36-,37-,38-,39-,40-,44-,45-,46-/m0/s1. The van der Waals surface area contributed by atoms with Gasteiger partial charge in [0.25, 0.3) is 0 Å². The van der Waals surface area contributed by atoms with Crippen LogP contribution in [-0.4, -0.2) is 211 Å². The van der Waals surface area contributed by atoms with Gasteiger partial charge < -0.3 is 101 Å². The van der Waals surface area contributed by atoms with Crippen molar-refractivity contribution in [1.29, 1.82) is 0 Å². The molecule has 1 aliphatic heterocycles. The summed E-state index contributed by atoms with van der Waals surface area (Å²) in [4.78, 5) is 200. The number of amides is 13. The number of carbonyl (C=O) groups is 15. The normalized spacial score (nSPS) is 17.1. The second-order valence-corrected chi connectivity index (χ2v) is 23.5. The second-order valence-electron chi connectivity index (χ2n) is 23.5. The number of phenols is 1. The predicted octanol–water partition coefficient (Wildman–Crippen LogP) is -5.65. The van der Waals surface area contributed by atoms with Gasteiger partial charge in [0.15, 0.2) is 0 Å². The second kappa shape index (κ2) is 38.0. The first-order valence-corrected chi connectivity index (χ1v) is 30.1. The summed E-state index contributed by atoms with van der Waals surface area (Å²) in [5.74, 6) is -17.6. The van der Waals surface area contributed by atoms with Crippen LogP contribution in [0.1, 0.15) is 126 Å². The molecule has 0 spiro atoms. The Balaban J connectivity index is 2.47. The van der Waals surface area contributed by atoms with Crippen LogP contribution >= 0.6 is 0 Å². The van der Waals surface area contributed by atoms with Crippen LogP contribution in [0.2, 0.25) is 0 Å². The molecule has 92 heavy (non-hydrogen) atoms. The topological polar surface area (TPSA) is 559 Å². The van der Waals surface area contributed by atoms with E-state index in [0.717, 1.165) is 11.8 Å². The number of hydrogen-bond acceptors (Lipinski definition) is 19. The van der Waals surface area contributed by atoms with Gasteiger partial charge in [-0.05, 0) is 88.3 Å². The van der Waals surface area contributed by atoms with Gasteiger partial charge >= 0.3 is 11.9 Å². The van der Waals surface area contributed by atoms with Gasteiger partial charge in [-0.2, -0.15) is 0 Å². The summed E-state index contributed by atoms with van der Waals surface area (Å²) in [5.41, 5.74) is 16.7. The van der Waals surface area contributed by atoms with Crippen LogP contribution in [0.4, 0.5) is 0 Å². The molecule has 1 heterocycles. The zero-order chi connectivity index (χ0) is 70.0. The third-order valence-corrected chi connectivity index (χ3v) is 14.9. The zero-order valence-electron chi connectivity index (χ0n) is 53.1. The number of likely N-dealkylation sites (tertiary alicyclic amines) is 1. The van der Waals surface area contributed by atoms with E-state index in [0.29, 0.717) is 5.56 Å². The maximum absolute atomic E-state index is 14.8. The van der Waals surface area contributed by atoms with Crippen LogP contribution < -0.4 is 70.4 Å². The van der Waals surface area contributed by atoms with Gasteiger partial charge in [0, 0.05) is 25.8 Å². The summed E-state index contributed by atoms with van der Waals surface area (Å²) in [6, 6.07) is -12.6. The van der Waals surface area contributed by atoms with E-state index in [4.69, 9.17) is 22.3 Å². The van der Waals surface area contributed by atoms with Crippen LogP contribution in [0.3, 0.4) is 0 Å². The number of carboxylic acids is 2. The van der Waals surface area contributed by atoms with Crippen LogP contribution in [0.15, 0.2) is 24.3 Å². The number of phenolic OH excluding ortho intramolecular Hbond substituents is 1. The maximum Gasteiger partial charge on any atom is 0.326 e. The van der Waals surface area contributed by atoms with Gasteiger partial charge in [-0.25, -0.2) is 4.79 Å². The van der Waals surface area contributed by atoms with Crippen molar-refractivity contribution < 1.29 is 97.5 Å². The Hall–Kier alpha value is -9.05. The number of nitrogens with zero attached hydrogens (tertiary/aromatic N) is 1. The third kappa shape index (κ3) is 26.0. The molecule has 2 rings (SSSR count). The van der Waals surface area contributed by atoms with Gasteiger partial charge in [-0.1, -0.05) is 60.1 Å². The average molecular weight is 1310 g/mol. The number of hydrogen-bond donors (Lipinski definition) is 18. The molecule has 13 amide bonds. The minimum absolute atomic E-state index is 0.0118. The van der Waals surface area contributed by atoms with Crippen molar-refractivity contribution in [1.82, 2.24) is 58.1 Å². The molecule has 0 aromatic heterocycles. The van der Waals surface area contributed by atoms with E-state index in [1.54, 1.807) is 27.7 Å². The Morgan fingerprint density at radius 1 is 0.565 bits per heavy atom. The zero-order valence-corrected chi connectivity index (χ0v) is 53.1. The lowest BCUT2D eigenvalue weighted by Gasteiger charge is -2.33. The summed E-state index contributed by atoms with van der Waals surface area (Å²) in [5, 5.41) is 73.3. The number of aliphatic hydroxyl groups excluding tert-OH is 2. The SMILES string of the molecule is CC[C@H](C)[C@H](NC(=O)[C@H](Cc1ccc(O)cc1)NC(=O)[C@H](CC(C)C)NC(=O)[C@H](CC(N)=O)NC(=O)[C@@H](NC(=O)[C@H](C)NC(=O)[C@H](CO)NC(=O)[C@H](C)N)C(C)C)C(=O)N1CCC[C@H]1C(=O)N[C@H](C(=O)N[C@@H](CCC(N)=O)C(=O)N[C@@H](CCC(=O)O)C(=O)O)[C@@H](C)O. The molecule has 0 radical (unpaired) electrons. The number of primary amides is 2. The Bertz CT molecular complexity index is 2800. The molecule has 0 aliphatic carbocycles. The number of aromatic hydroxyl groups is 1. The molecule has 1 fully saturated rings. The summed E-state index contributed by atoms with van der Waals surface area (Å²) in [6.45, 7) is 12.6. The highest BCUT2D eigenvalue weighted by molar-refractivity contribution is 6.00. The largest absolute Gasteiger partial charge is 0.508 e.